The molecule has 1 saturated heterocycles. The van der Waals surface area contributed by atoms with Gasteiger partial charge in [0.1, 0.15) is 11.4 Å². The number of piperidine rings is 1. The third-order valence-electron chi connectivity index (χ3n) is 9.76. The number of sulfonamides is 1. The predicted molar refractivity (Wildman–Crippen MR) is 186 cm³/mol. The van der Waals surface area contributed by atoms with Gasteiger partial charge in [-0.15, -0.1) is 0 Å². The summed E-state index contributed by atoms with van der Waals surface area (Å²) in [7, 11) is -4.09. The van der Waals surface area contributed by atoms with Crippen LogP contribution in [0.15, 0.2) is 101 Å². The molecule has 1 amide bonds. The molecule has 3 N–H and O–H groups in total. The highest BCUT2D eigenvalue weighted by Crippen LogP contribution is 2.40. The fraction of sp³-hybridized carbons (Fsp3) is 0.289. The van der Waals surface area contributed by atoms with E-state index in [0.717, 1.165) is 40.7 Å². The van der Waals surface area contributed by atoms with Crippen LogP contribution in [-0.2, 0) is 32.3 Å². The molecule has 56 heavy (non-hydrogen) atoms. The summed E-state index contributed by atoms with van der Waals surface area (Å²) in [4.78, 5) is 18.2. The van der Waals surface area contributed by atoms with Crippen molar-refractivity contribution >= 4 is 27.3 Å². The maximum Gasteiger partial charge on any atom is 0.458 e. The minimum absolute atomic E-state index is 0.0677. The van der Waals surface area contributed by atoms with Crippen LogP contribution in [0.4, 0.5) is 36.4 Å². The SMILES string of the molecule is N#Cc1ccc(NC(=O)C(O)(Cc2cccc(-c3cccc(C4=NOC(O)(C(F)(F)F)C4)c3)c2)C2CCN(S(=O)(=O)c3ccc(F)cc3)CC2)cc1C(F)(F)F. The van der Waals surface area contributed by atoms with Crippen molar-refractivity contribution in [2.24, 2.45) is 11.1 Å². The number of nitrogens with one attached hydrogen (secondary N) is 1. The maximum atomic E-state index is 14.1. The third kappa shape index (κ3) is 8.12. The molecule has 0 spiro atoms. The van der Waals surface area contributed by atoms with Gasteiger partial charge in [0.15, 0.2) is 0 Å². The first-order valence-corrected chi connectivity index (χ1v) is 18.3. The number of carbonyl (C=O) groups excluding carboxylic acids is 1. The number of nitriles is 1. The minimum Gasteiger partial charge on any atom is -0.379 e. The molecule has 10 nitrogen and oxygen atoms in total. The lowest BCUT2D eigenvalue weighted by Gasteiger charge is -2.40. The Morgan fingerprint density at radius 2 is 1.55 bits per heavy atom. The van der Waals surface area contributed by atoms with Gasteiger partial charge in [-0.1, -0.05) is 47.6 Å². The minimum atomic E-state index is -5.11. The number of alkyl halides is 6. The van der Waals surface area contributed by atoms with Crippen LogP contribution < -0.4 is 5.32 Å². The largest absolute Gasteiger partial charge is 0.458 e. The van der Waals surface area contributed by atoms with Crippen LogP contribution in [0, 0.1) is 23.1 Å². The van der Waals surface area contributed by atoms with Gasteiger partial charge in [0.05, 0.1) is 34.2 Å². The molecular formula is C38H31F7N4O6S. The van der Waals surface area contributed by atoms with Crippen LogP contribution in [0.25, 0.3) is 11.1 Å². The van der Waals surface area contributed by atoms with E-state index in [4.69, 9.17) is 0 Å². The first kappa shape index (κ1) is 40.3. The van der Waals surface area contributed by atoms with E-state index in [9.17, 15) is 59.4 Å². The molecule has 18 heteroatoms. The van der Waals surface area contributed by atoms with Crippen molar-refractivity contribution in [3.63, 3.8) is 0 Å². The Labute approximate surface area is 315 Å². The fourth-order valence-corrected chi connectivity index (χ4v) is 8.18. The fourth-order valence-electron chi connectivity index (χ4n) is 6.71. The Balaban J connectivity index is 1.29. The molecule has 294 valence electrons. The first-order chi connectivity index (χ1) is 26.2. The zero-order valence-electron chi connectivity index (χ0n) is 28.9. The summed E-state index contributed by atoms with van der Waals surface area (Å²) in [5.41, 5.74) is -3.35. The number of carbonyl (C=O) groups is 1. The molecule has 0 radical (unpaired) electrons. The van der Waals surface area contributed by atoms with Gasteiger partial charge in [0.25, 0.3) is 5.91 Å². The van der Waals surface area contributed by atoms with E-state index in [1.807, 2.05) is 0 Å². The normalized spacial score (nSPS) is 19.4. The van der Waals surface area contributed by atoms with Crippen molar-refractivity contribution in [3.05, 3.63) is 119 Å². The number of amides is 1. The number of oxime groups is 1. The number of halogens is 7. The molecule has 2 aliphatic heterocycles. The van der Waals surface area contributed by atoms with E-state index >= 15 is 0 Å². The van der Waals surface area contributed by atoms with E-state index in [2.05, 4.69) is 15.3 Å². The van der Waals surface area contributed by atoms with E-state index in [0.29, 0.717) is 22.8 Å². The highest BCUT2D eigenvalue weighted by atomic mass is 32.2. The van der Waals surface area contributed by atoms with Gasteiger partial charge in [-0.05, 0) is 84.0 Å². The predicted octanol–water partition coefficient (Wildman–Crippen LogP) is 6.77. The lowest BCUT2D eigenvalue weighted by molar-refractivity contribution is -0.355. The van der Waals surface area contributed by atoms with Gasteiger partial charge in [-0.25, -0.2) is 12.8 Å². The highest BCUT2D eigenvalue weighted by Gasteiger charge is 2.60. The van der Waals surface area contributed by atoms with Crippen molar-refractivity contribution < 1.29 is 59.0 Å². The molecule has 6 rings (SSSR count). The zero-order valence-corrected chi connectivity index (χ0v) is 29.7. The van der Waals surface area contributed by atoms with Crippen LogP contribution in [0.2, 0.25) is 0 Å². The Morgan fingerprint density at radius 1 is 0.929 bits per heavy atom. The van der Waals surface area contributed by atoms with Gasteiger partial charge in [-0.3, -0.25) is 4.79 Å². The first-order valence-electron chi connectivity index (χ1n) is 16.9. The molecule has 4 aromatic carbocycles. The number of benzene rings is 4. The molecular weight excluding hydrogens is 773 g/mol. The van der Waals surface area contributed by atoms with Crippen LogP contribution in [-0.4, -0.2) is 65.2 Å². The lowest BCUT2D eigenvalue weighted by Crippen LogP contribution is -2.54. The molecule has 0 saturated carbocycles. The molecule has 2 atom stereocenters. The van der Waals surface area contributed by atoms with Crippen LogP contribution >= 0.6 is 0 Å². The summed E-state index contributed by atoms with van der Waals surface area (Å²) in [6.07, 6.45) is -11.6. The van der Waals surface area contributed by atoms with Crippen molar-refractivity contribution in [3.8, 4) is 17.2 Å². The monoisotopic (exact) mass is 804 g/mol. The summed E-state index contributed by atoms with van der Waals surface area (Å²) >= 11 is 0. The highest BCUT2D eigenvalue weighted by molar-refractivity contribution is 7.89. The molecule has 1 fully saturated rings. The molecule has 0 bridgehead atoms. The number of hydrogen-bond donors (Lipinski definition) is 3. The van der Waals surface area contributed by atoms with Gasteiger partial charge in [0, 0.05) is 30.8 Å². The second kappa shape index (κ2) is 15.0. The van der Waals surface area contributed by atoms with Crippen molar-refractivity contribution in [2.75, 3.05) is 18.4 Å². The van der Waals surface area contributed by atoms with E-state index in [-0.39, 0.29) is 47.8 Å². The van der Waals surface area contributed by atoms with Gasteiger partial charge >= 0.3 is 18.1 Å². The number of nitrogens with zero attached hydrogens (tertiary/aromatic N) is 3. The summed E-state index contributed by atoms with van der Waals surface area (Å²) in [6.45, 7) is -0.335. The summed E-state index contributed by atoms with van der Waals surface area (Å²) in [5.74, 6) is -6.17. The topological polar surface area (TPSA) is 152 Å². The number of rotatable bonds is 9. The standard InChI is InChI=1S/C38H31F7N4O6S/c39-29-8-11-31(12-9-29)56(53,54)49-15-13-28(14-16-49)35(51,34(50)47-30-10-7-27(22-46)32(19-30)37(40,41)42)20-23-3-1-4-24(17-23)25-5-2-6-26(18-25)33-21-36(52,55-48-33)38(43,44)45/h1-12,17-19,28,51-52H,13-16,20-21H2,(H,47,50). The smallest absolute Gasteiger partial charge is 0.379 e. The van der Waals surface area contributed by atoms with Gasteiger partial charge in [-0.2, -0.15) is 35.9 Å². The van der Waals surface area contributed by atoms with Crippen LogP contribution in [0.3, 0.4) is 0 Å². The Kier molecular flexibility index (Phi) is 10.8. The third-order valence-corrected chi connectivity index (χ3v) is 11.7. The number of anilines is 1. The average molecular weight is 805 g/mol. The van der Waals surface area contributed by atoms with Crippen molar-refractivity contribution in [1.29, 1.82) is 5.26 Å². The maximum absolute atomic E-state index is 14.1. The lowest BCUT2D eigenvalue weighted by atomic mass is 9.76. The average Bonchev–Trinajstić information content (AvgIpc) is 3.58. The van der Waals surface area contributed by atoms with E-state index in [1.54, 1.807) is 30.3 Å². The summed E-state index contributed by atoms with van der Waals surface area (Å²) in [5, 5.41) is 37.2. The van der Waals surface area contributed by atoms with Crippen LogP contribution in [0.5, 0.6) is 0 Å². The quantitative estimate of drug-likeness (QED) is 0.158. The Morgan fingerprint density at radius 3 is 2.16 bits per heavy atom. The van der Waals surface area contributed by atoms with Gasteiger partial charge < -0.3 is 20.4 Å². The van der Waals surface area contributed by atoms with Crippen molar-refractivity contribution in [1.82, 2.24) is 4.31 Å². The van der Waals surface area contributed by atoms with Gasteiger partial charge in [0.2, 0.25) is 10.0 Å². The molecule has 2 unspecified atom stereocenters. The zero-order chi connectivity index (χ0) is 40.7. The molecule has 0 aliphatic carbocycles. The molecule has 2 heterocycles. The number of aliphatic hydroxyl groups is 2. The summed E-state index contributed by atoms with van der Waals surface area (Å²) in [6, 6.07) is 20.7. The Hall–Kier alpha value is -5.35. The Bertz CT molecular complexity index is 2320. The van der Waals surface area contributed by atoms with E-state index < -0.39 is 75.4 Å². The molecule has 0 aromatic heterocycles. The second-order valence-corrected chi connectivity index (χ2v) is 15.4. The van der Waals surface area contributed by atoms with Crippen LogP contribution in [0.1, 0.15) is 41.5 Å². The summed E-state index contributed by atoms with van der Waals surface area (Å²) < 4.78 is 122. The van der Waals surface area contributed by atoms with E-state index in [1.165, 1.54) is 24.3 Å². The molecule has 2 aliphatic rings. The second-order valence-electron chi connectivity index (χ2n) is 13.4. The number of hydrogen-bond acceptors (Lipinski definition) is 8. The molecule has 4 aromatic rings. The van der Waals surface area contributed by atoms with Crippen molar-refractivity contribution in [2.45, 2.75) is 54.3 Å².